The third-order valence-electron chi connectivity index (χ3n) is 3.96. The predicted molar refractivity (Wildman–Crippen MR) is 81.9 cm³/mol. The van der Waals surface area contributed by atoms with Crippen LogP contribution in [0.3, 0.4) is 0 Å². The minimum Gasteiger partial charge on any atom is -0.353 e. The number of hydrogen-bond acceptors (Lipinski definition) is 3. The van der Waals surface area contributed by atoms with Crippen LogP contribution in [0.4, 0.5) is 0 Å². The number of nitrogens with two attached hydrogens (primary N) is 1. The Hall–Kier alpha value is -1.88. The maximum atomic E-state index is 12.0. The number of amides is 2. The Morgan fingerprint density at radius 3 is 2.29 bits per heavy atom. The first-order valence-corrected chi connectivity index (χ1v) is 7.43. The van der Waals surface area contributed by atoms with Gasteiger partial charge in [-0.2, -0.15) is 0 Å². The molecule has 1 aliphatic rings. The molecule has 114 valence electrons. The average molecular weight is 289 g/mol. The number of benzene rings is 1. The quantitative estimate of drug-likeness (QED) is 0.710. The van der Waals surface area contributed by atoms with Gasteiger partial charge >= 0.3 is 0 Å². The molecule has 0 bridgehead atoms. The van der Waals surface area contributed by atoms with Crippen molar-refractivity contribution < 1.29 is 9.59 Å². The Balaban J connectivity index is 1.71. The van der Waals surface area contributed by atoms with Crippen LogP contribution in [0.25, 0.3) is 0 Å². The number of hydrogen-bond donors (Lipinski definition) is 3. The first-order chi connectivity index (χ1) is 10.0. The lowest BCUT2D eigenvalue weighted by atomic mass is 9.98. The zero-order valence-electron chi connectivity index (χ0n) is 12.4. The molecule has 4 N–H and O–H groups in total. The maximum Gasteiger partial charge on any atom is 0.251 e. The lowest BCUT2D eigenvalue weighted by molar-refractivity contribution is -0.126. The molecule has 2 amide bonds. The summed E-state index contributed by atoms with van der Waals surface area (Å²) in [7, 11) is 0. The molecule has 1 fully saturated rings. The molecule has 0 radical (unpaired) electrons. The van der Waals surface area contributed by atoms with E-state index in [0.29, 0.717) is 18.7 Å². The highest BCUT2D eigenvalue weighted by molar-refractivity contribution is 5.94. The Labute approximate surface area is 125 Å². The van der Waals surface area contributed by atoms with Gasteiger partial charge in [-0.05, 0) is 31.9 Å². The largest absolute Gasteiger partial charge is 0.353 e. The molecule has 1 aromatic carbocycles. The zero-order valence-corrected chi connectivity index (χ0v) is 12.4. The second kappa shape index (κ2) is 6.72. The van der Waals surface area contributed by atoms with Crippen molar-refractivity contribution in [2.75, 3.05) is 13.1 Å². The van der Waals surface area contributed by atoms with Crippen LogP contribution in [0.5, 0.6) is 0 Å². The molecule has 0 unspecified atom stereocenters. The number of aryl methyl sites for hydroxylation is 1. The molecule has 21 heavy (non-hydrogen) atoms. The molecule has 0 spiro atoms. The maximum absolute atomic E-state index is 12.0. The van der Waals surface area contributed by atoms with Gasteiger partial charge in [0.15, 0.2) is 0 Å². The molecule has 0 saturated heterocycles. The second-order valence-corrected chi connectivity index (χ2v) is 5.74. The van der Waals surface area contributed by atoms with Crippen molar-refractivity contribution in [1.82, 2.24) is 10.6 Å². The fourth-order valence-corrected chi connectivity index (χ4v) is 2.57. The molecule has 2 rings (SSSR count). The minimum atomic E-state index is -0.707. The summed E-state index contributed by atoms with van der Waals surface area (Å²) in [6.45, 7) is 2.77. The van der Waals surface area contributed by atoms with Gasteiger partial charge in [0.1, 0.15) is 0 Å². The van der Waals surface area contributed by atoms with Gasteiger partial charge in [0.25, 0.3) is 5.91 Å². The average Bonchev–Trinajstić information content (AvgIpc) is 2.92. The molecule has 0 aliphatic heterocycles. The van der Waals surface area contributed by atoms with Gasteiger partial charge < -0.3 is 16.4 Å². The van der Waals surface area contributed by atoms with Gasteiger partial charge in [-0.1, -0.05) is 30.5 Å². The molecular weight excluding hydrogens is 266 g/mol. The van der Waals surface area contributed by atoms with Crippen molar-refractivity contribution >= 4 is 11.8 Å². The van der Waals surface area contributed by atoms with E-state index in [1.54, 1.807) is 12.1 Å². The van der Waals surface area contributed by atoms with Gasteiger partial charge in [0.2, 0.25) is 5.91 Å². The highest BCUT2D eigenvalue weighted by atomic mass is 16.2. The molecule has 0 heterocycles. The predicted octanol–water partition coefficient (Wildman–Crippen LogP) is 1.11. The molecule has 1 aliphatic carbocycles. The van der Waals surface area contributed by atoms with Gasteiger partial charge in [0.05, 0.1) is 5.54 Å². The van der Waals surface area contributed by atoms with Crippen LogP contribution in [-0.4, -0.2) is 30.4 Å². The van der Waals surface area contributed by atoms with Gasteiger partial charge in [-0.3, -0.25) is 9.59 Å². The molecule has 1 aromatic rings. The third-order valence-corrected chi connectivity index (χ3v) is 3.96. The smallest absolute Gasteiger partial charge is 0.251 e. The van der Waals surface area contributed by atoms with E-state index in [9.17, 15) is 9.59 Å². The Kier molecular flexibility index (Phi) is 4.96. The fraction of sp³-hybridized carbons (Fsp3) is 0.500. The topological polar surface area (TPSA) is 84.2 Å². The Morgan fingerprint density at radius 1 is 1.10 bits per heavy atom. The fourth-order valence-electron chi connectivity index (χ4n) is 2.57. The van der Waals surface area contributed by atoms with Crippen LogP contribution < -0.4 is 16.4 Å². The van der Waals surface area contributed by atoms with Crippen LogP contribution in [-0.2, 0) is 4.79 Å². The molecule has 0 aromatic heterocycles. The van der Waals surface area contributed by atoms with Crippen molar-refractivity contribution in [1.29, 1.82) is 0 Å². The standard InChI is InChI=1S/C16H23N3O2/c1-12-4-6-13(7-5-12)14(20)18-10-11-19-15(21)16(17)8-2-3-9-16/h4-7H,2-3,8-11,17H2,1H3,(H,18,20)(H,19,21). The highest BCUT2D eigenvalue weighted by Crippen LogP contribution is 2.26. The van der Waals surface area contributed by atoms with E-state index in [-0.39, 0.29) is 11.8 Å². The monoisotopic (exact) mass is 289 g/mol. The van der Waals surface area contributed by atoms with E-state index in [0.717, 1.165) is 31.2 Å². The lowest BCUT2D eigenvalue weighted by Crippen LogP contribution is -2.53. The van der Waals surface area contributed by atoms with Crippen molar-refractivity contribution in [3.05, 3.63) is 35.4 Å². The first-order valence-electron chi connectivity index (χ1n) is 7.43. The molecule has 1 saturated carbocycles. The van der Waals surface area contributed by atoms with Gasteiger partial charge in [-0.15, -0.1) is 0 Å². The van der Waals surface area contributed by atoms with E-state index in [4.69, 9.17) is 5.73 Å². The summed E-state index contributed by atoms with van der Waals surface area (Å²) < 4.78 is 0. The van der Waals surface area contributed by atoms with Crippen LogP contribution >= 0.6 is 0 Å². The number of nitrogens with one attached hydrogen (secondary N) is 2. The van der Waals surface area contributed by atoms with Crippen LogP contribution in [0, 0.1) is 6.92 Å². The summed E-state index contributed by atoms with van der Waals surface area (Å²) in [4.78, 5) is 23.8. The number of carbonyl (C=O) groups is 2. The van der Waals surface area contributed by atoms with E-state index in [2.05, 4.69) is 10.6 Å². The normalized spacial score (nSPS) is 16.5. The van der Waals surface area contributed by atoms with Crippen LogP contribution in [0.15, 0.2) is 24.3 Å². The van der Waals surface area contributed by atoms with Crippen molar-refractivity contribution in [3.8, 4) is 0 Å². The third kappa shape index (κ3) is 4.04. The SMILES string of the molecule is Cc1ccc(C(=O)NCCNC(=O)C2(N)CCCC2)cc1. The van der Waals surface area contributed by atoms with Crippen molar-refractivity contribution in [2.24, 2.45) is 5.73 Å². The Bertz CT molecular complexity index is 505. The summed E-state index contributed by atoms with van der Waals surface area (Å²) in [6, 6.07) is 7.37. The summed E-state index contributed by atoms with van der Waals surface area (Å²) in [5, 5.41) is 5.58. The van der Waals surface area contributed by atoms with E-state index in [1.807, 2.05) is 19.1 Å². The van der Waals surface area contributed by atoms with Gasteiger partial charge in [0, 0.05) is 18.7 Å². The zero-order chi connectivity index (χ0) is 15.3. The summed E-state index contributed by atoms with van der Waals surface area (Å²) in [5.74, 6) is -0.239. The summed E-state index contributed by atoms with van der Waals surface area (Å²) in [6.07, 6.45) is 3.51. The number of rotatable bonds is 5. The lowest BCUT2D eigenvalue weighted by Gasteiger charge is -2.22. The summed E-state index contributed by atoms with van der Waals surface area (Å²) in [5.41, 5.74) is 7.08. The first kappa shape index (κ1) is 15.5. The van der Waals surface area contributed by atoms with Crippen LogP contribution in [0.2, 0.25) is 0 Å². The molecule has 0 atom stereocenters. The minimum absolute atomic E-state index is 0.107. The summed E-state index contributed by atoms with van der Waals surface area (Å²) >= 11 is 0. The van der Waals surface area contributed by atoms with E-state index < -0.39 is 5.54 Å². The molecular formula is C16H23N3O2. The van der Waals surface area contributed by atoms with Crippen molar-refractivity contribution in [2.45, 2.75) is 38.1 Å². The molecule has 5 heteroatoms. The van der Waals surface area contributed by atoms with E-state index >= 15 is 0 Å². The van der Waals surface area contributed by atoms with Crippen molar-refractivity contribution in [3.63, 3.8) is 0 Å². The van der Waals surface area contributed by atoms with Gasteiger partial charge in [-0.25, -0.2) is 0 Å². The highest BCUT2D eigenvalue weighted by Gasteiger charge is 2.36. The molecule has 5 nitrogen and oxygen atoms in total. The second-order valence-electron chi connectivity index (χ2n) is 5.74. The van der Waals surface area contributed by atoms with E-state index in [1.165, 1.54) is 0 Å². The number of carbonyl (C=O) groups excluding carboxylic acids is 2. The Morgan fingerprint density at radius 2 is 1.67 bits per heavy atom. The van der Waals surface area contributed by atoms with Crippen LogP contribution in [0.1, 0.15) is 41.6 Å².